The van der Waals surface area contributed by atoms with Crippen molar-refractivity contribution in [2.24, 2.45) is 11.8 Å². The third-order valence-corrected chi connectivity index (χ3v) is 7.23. The molecule has 1 saturated heterocycles. The fourth-order valence-corrected chi connectivity index (χ4v) is 5.80. The molecule has 0 aliphatic carbocycles. The van der Waals surface area contributed by atoms with Crippen LogP contribution in [0, 0.1) is 32.6 Å². The molecule has 184 valence electrons. The normalized spacial score (nSPS) is 18.4. The van der Waals surface area contributed by atoms with E-state index in [1.807, 2.05) is 32.0 Å². The Hall–Kier alpha value is -2.71. The Kier molecular flexibility index (Phi) is 8.49. The number of carbonyl (C=O) groups excluding carboxylic acids is 3. The van der Waals surface area contributed by atoms with Gasteiger partial charge < -0.3 is 15.4 Å². The van der Waals surface area contributed by atoms with E-state index < -0.39 is 5.97 Å². The first-order valence-corrected chi connectivity index (χ1v) is 12.6. The van der Waals surface area contributed by atoms with Crippen LogP contribution in [0.15, 0.2) is 18.2 Å². The van der Waals surface area contributed by atoms with E-state index in [1.54, 1.807) is 13.8 Å². The number of esters is 1. The van der Waals surface area contributed by atoms with Gasteiger partial charge in [-0.1, -0.05) is 31.5 Å². The van der Waals surface area contributed by atoms with E-state index in [9.17, 15) is 14.4 Å². The van der Waals surface area contributed by atoms with Crippen LogP contribution < -0.4 is 10.6 Å². The lowest BCUT2D eigenvalue weighted by molar-refractivity contribution is -0.117. The summed E-state index contributed by atoms with van der Waals surface area (Å²) < 4.78 is 5.23. The zero-order valence-electron chi connectivity index (χ0n) is 20.9. The number of anilines is 2. The Morgan fingerprint density at radius 2 is 1.76 bits per heavy atom. The quantitative estimate of drug-likeness (QED) is 0.538. The largest absolute Gasteiger partial charge is 0.462 e. The molecule has 7 nitrogen and oxygen atoms in total. The second-order valence-electron chi connectivity index (χ2n) is 9.44. The number of nitrogens with zero attached hydrogens (tertiary/aromatic N) is 1. The first-order chi connectivity index (χ1) is 16.1. The maximum atomic E-state index is 13.1. The van der Waals surface area contributed by atoms with Gasteiger partial charge in [-0.3, -0.25) is 14.5 Å². The van der Waals surface area contributed by atoms with Crippen LogP contribution in [0.25, 0.3) is 0 Å². The van der Waals surface area contributed by atoms with Gasteiger partial charge >= 0.3 is 5.97 Å². The van der Waals surface area contributed by atoms with Crippen LogP contribution in [0.3, 0.4) is 0 Å². The molecule has 3 rings (SSSR count). The van der Waals surface area contributed by atoms with Gasteiger partial charge in [-0.05, 0) is 63.1 Å². The van der Waals surface area contributed by atoms with Crippen molar-refractivity contribution in [3.8, 4) is 0 Å². The van der Waals surface area contributed by atoms with Crippen molar-refractivity contribution in [3.63, 3.8) is 0 Å². The summed E-state index contributed by atoms with van der Waals surface area (Å²) in [6.45, 7) is 14.0. The monoisotopic (exact) mass is 485 g/mol. The molecule has 34 heavy (non-hydrogen) atoms. The second-order valence-corrected chi connectivity index (χ2v) is 10.5. The van der Waals surface area contributed by atoms with Crippen LogP contribution in [-0.2, 0) is 9.53 Å². The predicted octanol–water partition coefficient (Wildman–Crippen LogP) is 5.02. The van der Waals surface area contributed by atoms with E-state index in [0.29, 0.717) is 33.0 Å². The highest BCUT2D eigenvalue weighted by Crippen LogP contribution is 2.35. The third-order valence-electron chi connectivity index (χ3n) is 6.03. The number of piperidine rings is 1. The van der Waals surface area contributed by atoms with Crippen molar-refractivity contribution < 1.29 is 19.1 Å². The van der Waals surface area contributed by atoms with Crippen LogP contribution in [0.5, 0.6) is 0 Å². The van der Waals surface area contributed by atoms with Crippen LogP contribution in [0.1, 0.15) is 63.9 Å². The van der Waals surface area contributed by atoms with Gasteiger partial charge in [0.25, 0.3) is 5.91 Å². The van der Waals surface area contributed by atoms with Crippen molar-refractivity contribution >= 4 is 39.8 Å². The number of hydrogen-bond donors (Lipinski definition) is 2. The molecule has 0 bridgehead atoms. The number of nitrogens with one attached hydrogen (secondary N) is 2. The summed E-state index contributed by atoms with van der Waals surface area (Å²) in [6.07, 6.45) is 1.16. The summed E-state index contributed by atoms with van der Waals surface area (Å²) in [5.74, 6) is 0.0123. The van der Waals surface area contributed by atoms with Gasteiger partial charge in [-0.15, -0.1) is 11.3 Å². The Bertz CT molecular complexity index is 1070. The van der Waals surface area contributed by atoms with Gasteiger partial charge in [0.2, 0.25) is 5.91 Å². The molecule has 1 aliphatic rings. The average molecular weight is 486 g/mol. The first-order valence-electron chi connectivity index (χ1n) is 11.8. The molecule has 1 aromatic carbocycles. The minimum absolute atomic E-state index is 0.200. The molecule has 0 unspecified atom stereocenters. The van der Waals surface area contributed by atoms with Gasteiger partial charge in [0.15, 0.2) is 0 Å². The summed E-state index contributed by atoms with van der Waals surface area (Å²) in [6, 6.07) is 5.79. The predicted molar refractivity (Wildman–Crippen MR) is 137 cm³/mol. The van der Waals surface area contributed by atoms with E-state index in [4.69, 9.17) is 4.74 Å². The lowest BCUT2D eigenvalue weighted by atomic mass is 9.92. The smallest absolute Gasteiger partial charge is 0.341 e. The van der Waals surface area contributed by atoms with Gasteiger partial charge in [0.1, 0.15) is 5.00 Å². The SMILES string of the molecule is CCOC(=O)c1c(NC(=O)CN2C[C@H](C)C[C@H](C)C2)sc(C(=O)Nc2ccc(C)cc2C)c1C. The number of thiophene rings is 1. The molecule has 1 aliphatic heterocycles. The molecular weight excluding hydrogens is 450 g/mol. The van der Waals surface area contributed by atoms with Crippen molar-refractivity contribution in [1.82, 2.24) is 4.90 Å². The van der Waals surface area contributed by atoms with Gasteiger partial charge in [0, 0.05) is 18.8 Å². The van der Waals surface area contributed by atoms with E-state index >= 15 is 0 Å². The number of likely N-dealkylation sites (tertiary alicyclic amines) is 1. The van der Waals surface area contributed by atoms with Crippen molar-refractivity contribution in [3.05, 3.63) is 45.3 Å². The van der Waals surface area contributed by atoms with Crippen molar-refractivity contribution in [2.45, 2.75) is 48.0 Å². The number of aryl methyl sites for hydroxylation is 2. The summed E-state index contributed by atoms with van der Waals surface area (Å²) in [7, 11) is 0. The molecule has 8 heteroatoms. The molecule has 2 amide bonds. The van der Waals surface area contributed by atoms with Crippen molar-refractivity contribution in [2.75, 3.05) is 36.9 Å². The highest BCUT2D eigenvalue weighted by molar-refractivity contribution is 7.19. The summed E-state index contributed by atoms with van der Waals surface area (Å²) in [5.41, 5.74) is 3.51. The lowest BCUT2D eigenvalue weighted by Crippen LogP contribution is -2.42. The lowest BCUT2D eigenvalue weighted by Gasteiger charge is -2.34. The zero-order chi connectivity index (χ0) is 25.0. The van der Waals surface area contributed by atoms with Crippen LogP contribution in [-0.4, -0.2) is 48.9 Å². The Balaban J connectivity index is 1.83. The molecule has 0 radical (unpaired) electrons. The summed E-state index contributed by atoms with van der Waals surface area (Å²) >= 11 is 1.10. The number of amides is 2. The summed E-state index contributed by atoms with van der Waals surface area (Å²) in [5, 5.41) is 6.17. The highest BCUT2D eigenvalue weighted by Gasteiger charge is 2.28. The zero-order valence-corrected chi connectivity index (χ0v) is 21.7. The molecule has 2 atom stereocenters. The summed E-state index contributed by atoms with van der Waals surface area (Å²) in [4.78, 5) is 41.2. The number of ether oxygens (including phenoxy) is 1. The Morgan fingerprint density at radius 1 is 1.09 bits per heavy atom. The van der Waals surface area contributed by atoms with E-state index in [1.165, 1.54) is 0 Å². The third kappa shape index (κ3) is 6.24. The number of hydrogen-bond acceptors (Lipinski definition) is 6. The van der Waals surface area contributed by atoms with Gasteiger partial charge in [-0.2, -0.15) is 0 Å². The van der Waals surface area contributed by atoms with Crippen molar-refractivity contribution in [1.29, 1.82) is 0 Å². The fourth-order valence-electron chi connectivity index (χ4n) is 4.69. The number of benzene rings is 1. The molecular formula is C26H35N3O4S. The maximum Gasteiger partial charge on any atom is 0.341 e. The molecule has 1 fully saturated rings. The van der Waals surface area contributed by atoms with Gasteiger partial charge in [0.05, 0.1) is 23.6 Å². The molecule has 2 heterocycles. The number of rotatable bonds is 7. The van der Waals surface area contributed by atoms with Gasteiger partial charge in [-0.25, -0.2) is 4.79 Å². The number of carbonyl (C=O) groups is 3. The Morgan fingerprint density at radius 3 is 2.38 bits per heavy atom. The fraction of sp³-hybridized carbons (Fsp3) is 0.500. The topological polar surface area (TPSA) is 87.7 Å². The van der Waals surface area contributed by atoms with Crippen LogP contribution in [0.4, 0.5) is 10.7 Å². The first kappa shape index (κ1) is 25.9. The molecule has 0 saturated carbocycles. The standard InChI is InChI=1S/C26H35N3O4S/c1-7-33-26(32)22-19(6)23(24(31)27-20-9-8-15(2)11-18(20)5)34-25(22)28-21(30)14-29-12-16(3)10-17(4)13-29/h8-9,11,16-17H,7,10,12-14H2,1-6H3,(H,27,31)(H,28,30)/t16-,17+. The van der Waals surface area contributed by atoms with Crippen LogP contribution in [0.2, 0.25) is 0 Å². The molecule has 2 aromatic rings. The second kappa shape index (κ2) is 11.1. The molecule has 0 spiro atoms. The molecule has 2 N–H and O–H groups in total. The Labute approximate surface area is 205 Å². The van der Waals surface area contributed by atoms with E-state index in [2.05, 4.69) is 29.4 Å². The average Bonchev–Trinajstić information content (AvgIpc) is 3.05. The van der Waals surface area contributed by atoms with Crippen LogP contribution >= 0.6 is 11.3 Å². The minimum atomic E-state index is -0.544. The maximum absolute atomic E-state index is 13.1. The van der Waals surface area contributed by atoms with E-state index in [-0.39, 0.29) is 30.5 Å². The van der Waals surface area contributed by atoms with E-state index in [0.717, 1.165) is 42.0 Å². The highest BCUT2D eigenvalue weighted by atomic mass is 32.1. The molecule has 1 aromatic heterocycles. The minimum Gasteiger partial charge on any atom is -0.462 e.